The number of halogens is 1. The predicted octanol–water partition coefficient (Wildman–Crippen LogP) is 4.32. The van der Waals surface area contributed by atoms with Crippen LogP contribution in [0.25, 0.3) is 0 Å². The number of hydrogen-bond acceptors (Lipinski definition) is 1. The van der Waals surface area contributed by atoms with Crippen molar-refractivity contribution >= 4 is 15.9 Å². The molecule has 0 N–H and O–H groups in total. The van der Waals surface area contributed by atoms with Crippen molar-refractivity contribution in [2.45, 2.75) is 32.6 Å². The summed E-state index contributed by atoms with van der Waals surface area (Å²) >= 11 is 3.52. The molecule has 1 rings (SSSR count). The molecular formula is C13H19BrO. The number of hydrogen-bond donors (Lipinski definition) is 0. The molecular weight excluding hydrogens is 252 g/mol. The van der Waals surface area contributed by atoms with Gasteiger partial charge in [-0.05, 0) is 29.0 Å². The second-order valence-electron chi connectivity index (χ2n) is 4.21. The zero-order valence-corrected chi connectivity index (χ0v) is 11.5. The number of methoxy groups -OCH3 is 1. The molecule has 0 spiro atoms. The molecule has 1 nitrogen and oxygen atoms in total. The molecule has 0 aliphatic rings. The highest BCUT2D eigenvalue weighted by Gasteiger charge is 2.12. The summed E-state index contributed by atoms with van der Waals surface area (Å²) in [5.74, 6) is 2.04. The molecule has 0 bridgehead atoms. The number of benzene rings is 1. The summed E-state index contributed by atoms with van der Waals surface area (Å²) in [6.45, 7) is 6.63. The highest BCUT2D eigenvalue weighted by atomic mass is 79.9. The molecule has 0 heterocycles. The van der Waals surface area contributed by atoms with Crippen LogP contribution >= 0.6 is 15.9 Å². The maximum Gasteiger partial charge on any atom is 0.122 e. The molecule has 0 amide bonds. The van der Waals surface area contributed by atoms with E-state index in [9.17, 15) is 0 Å². The predicted molar refractivity (Wildman–Crippen MR) is 69.3 cm³/mol. The number of rotatable bonds is 4. The Labute approximate surface area is 101 Å². The summed E-state index contributed by atoms with van der Waals surface area (Å²) in [6, 6.07) is 6.48. The van der Waals surface area contributed by atoms with Crippen LogP contribution in [0.1, 0.15) is 43.7 Å². The second-order valence-corrected chi connectivity index (χ2v) is 4.86. The van der Waals surface area contributed by atoms with Gasteiger partial charge in [0.05, 0.1) is 7.11 Å². The third-order valence-corrected chi connectivity index (χ3v) is 3.65. The van der Waals surface area contributed by atoms with Gasteiger partial charge in [0, 0.05) is 5.33 Å². The Bertz CT molecular complexity index is 320. The van der Waals surface area contributed by atoms with Crippen molar-refractivity contribution in [3.63, 3.8) is 0 Å². The standard InChI is InChI=1S/C13H19BrO/c1-9(2)11-5-6-13(15-4)12(7-11)10(3)8-14/h5-7,9-10H,8H2,1-4H3. The van der Waals surface area contributed by atoms with Crippen LogP contribution in [0.2, 0.25) is 0 Å². The van der Waals surface area contributed by atoms with Crippen LogP contribution in [0.4, 0.5) is 0 Å². The van der Waals surface area contributed by atoms with Crippen molar-refractivity contribution < 1.29 is 4.74 Å². The van der Waals surface area contributed by atoms with Gasteiger partial charge in [0.15, 0.2) is 0 Å². The van der Waals surface area contributed by atoms with E-state index < -0.39 is 0 Å². The first-order valence-electron chi connectivity index (χ1n) is 5.34. The Morgan fingerprint density at radius 1 is 1.27 bits per heavy atom. The monoisotopic (exact) mass is 270 g/mol. The van der Waals surface area contributed by atoms with Crippen LogP contribution in [-0.4, -0.2) is 12.4 Å². The molecule has 0 fully saturated rings. The van der Waals surface area contributed by atoms with Gasteiger partial charge in [0.2, 0.25) is 0 Å². The van der Waals surface area contributed by atoms with Gasteiger partial charge in [0.1, 0.15) is 5.75 Å². The zero-order chi connectivity index (χ0) is 11.4. The molecule has 1 aromatic carbocycles. The summed E-state index contributed by atoms with van der Waals surface area (Å²) < 4.78 is 5.38. The van der Waals surface area contributed by atoms with Crippen LogP contribution in [0.5, 0.6) is 5.75 Å². The molecule has 0 aromatic heterocycles. The lowest BCUT2D eigenvalue weighted by Gasteiger charge is -2.16. The average molecular weight is 271 g/mol. The second kappa shape index (κ2) is 5.55. The van der Waals surface area contributed by atoms with E-state index in [0.717, 1.165) is 11.1 Å². The fourth-order valence-electron chi connectivity index (χ4n) is 1.58. The third-order valence-electron chi connectivity index (χ3n) is 2.68. The van der Waals surface area contributed by atoms with E-state index in [4.69, 9.17) is 4.74 Å². The molecule has 0 aliphatic heterocycles. The minimum absolute atomic E-state index is 0.485. The van der Waals surface area contributed by atoms with E-state index in [1.807, 2.05) is 0 Å². The summed E-state index contributed by atoms with van der Waals surface area (Å²) in [5.41, 5.74) is 2.67. The molecule has 84 valence electrons. The summed E-state index contributed by atoms with van der Waals surface area (Å²) in [4.78, 5) is 0. The van der Waals surface area contributed by atoms with Gasteiger partial charge in [-0.1, -0.05) is 48.8 Å². The van der Waals surface area contributed by atoms with E-state index in [2.05, 4.69) is 54.9 Å². The maximum atomic E-state index is 5.38. The Balaban J connectivity index is 3.13. The molecule has 1 atom stereocenters. The van der Waals surface area contributed by atoms with Gasteiger partial charge in [-0.15, -0.1) is 0 Å². The van der Waals surface area contributed by atoms with Gasteiger partial charge in [-0.2, -0.15) is 0 Å². The fraction of sp³-hybridized carbons (Fsp3) is 0.538. The van der Waals surface area contributed by atoms with Crippen molar-refractivity contribution in [1.82, 2.24) is 0 Å². The quantitative estimate of drug-likeness (QED) is 0.741. The van der Waals surface area contributed by atoms with Crippen LogP contribution in [0.3, 0.4) is 0 Å². The number of alkyl halides is 1. The van der Waals surface area contributed by atoms with Gasteiger partial charge in [0.25, 0.3) is 0 Å². The van der Waals surface area contributed by atoms with Crippen molar-refractivity contribution in [2.75, 3.05) is 12.4 Å². The summed E-state index contributed by atoms with van der Waals surface area (Å²) in [6.07, 6.45) is 0. The van der Waals surface area contributed by atoms with Crippen molar-refractivity contribution in [2.24, 2.45) is 0 Å². The topological polar surface area (TPSA) is 9.23 Å². The van der Waals surface area contributed by atoms with E-state index in [1.54, 1.807) is 7.11 Å². The molecule has 15 heavy (non-hydrogen) atoms. The van der Waals surface area contributed by atoms with Crippen LogP contribution in [0, 0.1) is 0 Å². The molecule has 0 aliphatic carbocycles. The van der Waals surface area contributed by atoms with Gasteiger partial charge < -0.3 is 4.74 Å². The van der Waals surface area contributed by atoms with E-state index in [1.165, 1.54) is 11.1 Å². The Hall–Kier alpha value is -0.500. The first-order valence-corrected chi connectivity index (χ1v) is 6.46. The average Bonchev–Trinajstić information content (AvgIpc) is 2.27. The SMILES string of the molecule is COc1ccc(C(C)C)cc1C(C)CBr. The number of ether oxygens (including phenoxy) is 1. The van der Waals surface area contributed by atoms with Gasteiger partial charge >= 0.3 is 0 Å². The molecule has 0 saturated heterocycles. The lowest BCUT2D eigenvalue weighted by molar-refractivity contribution is 0.407. The van der Waals surface area contributed by atoms with Gasteiger partial charge in [-0.25, -0.2) is 0 Å². The molecule has 1 aromatic rings. The highest BCUT2D eigenvalue weighted by Crippen LogP contribution is 2.30. The molecule has 2 heteroatoms. The van der Waals surface area contributed by atoms with E-state index in [0.29, 0.717) is 11.8 Å². The smallest absolute Gasteiger partial charge is 0.122 e. The fourth-order valence-corrected chi connectivity index (χ4v) is 1.93. The highest BCUT2D eigenvalue weighted by molar-refractivity contribution is 9.09. The lowest BCUT2D eigenvalue weighted by Crippen LogP contribution is -2.00. The molecule has 0 saturated carbocycles. The zero-order valence-electron chi connectivity index (χ0n) is 9.88. The van der Waals surface area contributed by atoms with Crippen molar-refractivity contribution in [3.05, 3.63) is 29.3 Å². The minimum atomic E-state index is 0.485. The molecule has 0 radical (unpaired) electrons. The minimum Gasteiger partial charge on any atom is -0.496 e. The van der Waals surface area contributed by atoms with E-state index >= 15 is 0 Å². The molecule has 1 unspecified atom stereocenters. The first-order chi connectivity index (χ1) is 7.10. The maximum absolute atomic E-state index is 5.38. The summed E-state index contributed by atoms with van der Waals surface area (Å²) in [5, 5.41) is 0.963. The Kier molecular flexibility index (Phi) is 4.65. The Morgan fingerprint density at radius 2 is 1.93 bits per heavy atom. The van der Waals surface area contributed by atoms with Crippen molar-refractivity contribution in [1.29, 1.82) is 0 Å². The largest absolute Gasteiger partial charge is 0.496 e. The van der Waals surface area contributed by atoms with Crippen molar-refractivity contribution in [3.8, 4) is 5.75 Å². The first kappa shape index (κ1) is 12.6. The van der Waals surface area contributed by atoms with Gasteiger partial charge in [-0.3, -0.25) is 0 Å². The summed E-state index contributed by atoms with van der Waals surface area (Å²) in [7, 11) is 1.73. The Morgan fingerprint density at radius 3 is 2.40 bits per heavy atom. The van der Waals surface area contributed by atoms with Crippen LogP contribution < -0.4 is 4.74 Å². The van der Waals surface area contributed by atoms with E-state index in [-0.39, 0.29) is 0 Å². The van der Waals surface area contributed by atoms with Crippen LogP contribution in [-0.2, 0) is 0 Å². The normalized spacial score (nSPS) is 12.9. The van der Waals surface area contributed by atoms with Crippen LogP contribution in [0.15, 0.2) is 18.2 Å². The third kappa shape index (κ3) is 2.97. The lowest BCUT2D eigenvalue weighted by atomic mass is 9.95.